The van der Waals surface area contributed by atoms with Gasteiger partial charge in [-0.3, -0.25) is 4.79 Å². The van der Waals surface area contributed by atoms with Gasteiger partial charge in [0.25, 0.3) is 0 Å². The van der Waals surface area contributed by atoms with Crippen LogP contribution in [0.5, 0.6) is 0 Å². The molecule has 4 nitrogen and oxygen atoms in total. The predicted octanol–water partition coefficient (Wildman–Crippen LogP) is 1.15. The molecular weight excluding hydrogens is 202 g/mol. The number of nitrogens with one attached hydrogen (secondary N) is 1. The van der Waals surface area contributed by atoms with Crippen molar-refractivity contribution in [3.05, 3.63) is 23.4 Å². The van der Waals surface area contributed by atoms with Crippen molar-refractivity contribution in [3.8, 4) is 0 Å². The van der Waals surface area contributed by atoms with Gasteiger partial charge in [-0.2, -0.15) is 0 Å². The lowest BCUT2D eigenvalue weighted by Gasteiger charge is -2.15. The molecule has 1 fully saturated rings. The van der Waals surface area contributed by atoms with Crippen molar-refractivity contribution < 1.29 is 4.79 Å². The molecule has 0 aliphatic carbocycles. The molecule has 16 heavy (non-hydrogen) atoms. The smallest absolute Gasteiger partial charge is 0.171 e. The van der Waals surface area contributed by atoms with Gasteiger partial charge in [0.1, 0.15) is 5.82 Å². The van der Waals surface area contributed by atoms with Crippen molar-refractivity contribution in [2.45, 2.75) is 26.3 Å². The molecule has 1 aromatic heterocycles. The fraction of sp³-hybridized carbons (Fsp3) is 0.500. The van der Waals surface area contributed by atoms with Crippen LogP contribution >= 0.6 is 0 Å². The van der Waals surface area contributed by atoms with Crippen molar-refractivity contribution in [1.29, 1.82) is 0 Å². The summed E-state index contributed by atoms with van der Waals surface area (Å²) in [4.78, 5) is 16.3. The number of hydrogen-bond donors (Lipinski definition) is 2. The number of hydrogen-bond acceptors (Lipinski definition) is 4. The van der Waals surface area contributed by atoms with Gasteiger partial charge in [-0.1, -0.05) is 0 Å². The van der Waals surface area contributed by atoms with E-state index >= 15 is 0 Å². The highest BCUT2D eigenvalue weighted by Gasteiger charge is 2.31. The van der Waals surface area contributed by atoms with E-state index in [1.807, 2.05) is 19.9 Å². The third-order valence-corrected chi connectivity index (χ3v) is 3.30. The minimum absolute atomic E-state index is 0.0326. The third-order valence-electron chi connectivity index (χ3n) is 3.30. The topological polar surface area (TPSA) is 68.0 Å². The highest BCUT2D eigenvalue weighted by atomic mass is 16.1. The Hall–Kier alpha value is -1.42. The van der Waals surface area contributed by atoms with Gasteiger partial charge in [-0.15, -0.1) is 0 Å². The Balaban J connectivity index is 2.33. The van der Waals surface area contributed by atoms with Crippen LogP contribution in [0.2, 0.25) is 0 Å². The molecule has 0 saturated carbocycles. The fourth-order valence-electron chi connectivity index (χ4n) is 2.30. The van der Waals surface area contributed by atoms with E-state index in [9.17, 15) is 4.79 Å². The first-order valence-corrected chi connectivity index (χ1v) is 5.60. The Morgan fingerprint density at radius 1 is 1.62 bits per heavy atom. The van der Waals surface area contributed by atoms with Gasteiger partial charge < -0.3 is 11.1 Å². The minimum Gasteiger partial charge on any atom is -0.383 e. The fourth-order valence-corrected chi connectivity index (χ4v) is 2.30. The second-order valence-corrected chi connectivity index (χ2v) is 4.39. The summed E-state index contributed by atoms with van der Waals surface area (Å²) < 4.78 is 0. The van der Waals surface area contributed by atoms with Crippen LogP contribution in [-0.4, -0.2) is 23.4 Å². The summed E-state index contributed by atoms with van der Waals surface area (Å²) in [7, 11) is 0. The standard InChI is InChI=1S/C12H17N3O/c1-7-3-5-15-12(13)10(7)11(16)9-4-6-14-8(9)2/h3,5,8-9,14H,4,6H2,1-2H3,(H2,13,15). The van der Waals surface area contributed by atoms with Crippen molar-refractivity contribution in [3.63, 3.8) is 0 Å². The van der Waals surface area contributed by atoms with E-state index in [0.717, 1.165) is 18.5 Å². The van der Waals surface area contributed by atoms with Crippen LogP contribution in [0.25, 0.3) is 0 Å². The number of aromatic nitrogens is 1. The number of carbonyl (C=O) groups is 1. The molecule has 1 aliphatic heterocycles. The first-order valence-electron chi connectivity index (χ1n) is 5.60. The zero-order chi connectivity index (χ0) is 11.7. The van der Waals surface area contributed by atoms with E-state index < -0.39 is 0 Å². The SMILES string of the molecule is Cc1ccnc(N)c1C(=O)C1CCNC1C. The summed E-state index contributed by atoms with van der Waals surface area (Å²) in [5.41, 5.74) is 7.30. The van der Waals surface area contributed by atoms with Crippen LogP contribution in [0.3, 0.4) is 0 Å². The first kappa shape index (κ1) is 11.1. The average Bonchev–Trinajstić information content (AvgIpc) is 2.64. The van der Waals surface area contributed by atoms with Crippen molar-refractivity contribution in [1.82, 2.24) is 10.3 Å². The van der Waals surface area contributed by atoms with Crippen molar-refractivity contribution in [2.24, 2.45) is 5.92 Å². The molecule has 0 amide bonds. The molecule has 2 rings (SSSR count). The van der Waals surface area contributed by atoms with Crippen LogP contribution in [0, 0.1) is 12.8 Å². The predicted molar refractivity (Wildman–Crippen MR) is 63.3 cm³/mol. The van der Waals surface area contributed by atoms with Crippen LogP contribution in [0.15, 0.2) is 12.3 Å². The van der Waals surface area contributed by atoms with Gasteiger partial charge in [-0.05, 0) is 38.4 Å². The maximum atomic E-state index is 12.3. The summed E-state index contributed by atoms with van der Waals surface area (Å²) in [6.45, 7) is 4.84. The maximum Gasteiger partial charge on any atom is 0.171 e. The largest absolute Gasteiger partial charge is 0.383 e. The van der Waals surface area contributed by atoms with Crippen molar-refractivity contribution in [2.75, 3.05) is 12.3 Å². The summed E-state index contributed by atoms with van der Waals surface area (Å²) in [5, 5.41) is 3.28. The number of rotatable bonds is 2. The number of nitrogens with two attached hydrogens (primary N) is 1. The summed E-state index contributed by atoms with van der Waals surface area (Å²) in [6.07, 6.45) is 2.52. The maximum absolute atomic E-state index is 12.3. The van der Waals surface area contributed by atoms with Crippen LogP contribution in [0.4, 0.5) is 5.82 Å². The number of anilines is 1. The molecule has 1 saturated heterocycles. The van der Waals surface area contributed by atoms with Crippen LogP contribution < -0.4 is 11.1 Å². The normalized spacial score (nSPS) is 24.6. The molecule has 0 spiro atoms. The molecule has 86 valence electrons. The zero-order valence-electron chi connectivity index (χ0n) is 9.66. The lowest BCUT2D eigenvalue weighted by atomic mass is 9.90. The summed E-state index contributed by atoms with van der Waals surface area (Å²) >= 11 is 0. The first-order chi connectivity index (χ1) is 7.61. The van der Waals surface area contributed by atoms with Crippen LogP contribution in [0.1, 0.15) is 29.3 Å². The van der Waals surface area contributed by atoms with Gasteiger partial charge in [0.15, 0.2) is 5.78 Å². The molecule has 0 radical (unpaired) electrons. The molecule has 0 aromatic carbocycles. The monoisotopic (exact) mass is 219 g/mol. The van der Waals surface area contributed by atoms with Gasteiger partial charge in [0, 0.05) is 18.2 Å². The second-order valence-electron chi connectivity index (χ2n) is 4.39. The summed E-state index contributed by atoms with van der Waals surface area (Å²) in [5.74, 6) is 0.509. The quantitative estimate of drug-likeness (QED) is 0.732. The van der Waals surface area contributed by atoms with Gasteiger partial charge >= 0.3 is 0 Å². The van der Waals surface area contributed by atoms with Gasteiger partial charge in [0.2, 0.25) is 0 Å². The number of carbonyl (C=O) groups excluding carboxylic acids is 1. The van der Waals surface area contributed by atoms with E-state index in [0.29, 0.717) is 11.4 Å². The number of aryl methyl sites for hydroxylation is 1. The molecule has 2 atom stereocenters. The third kappa shape index (κ3) is 1.80. The van der Waals surface area contributed by atoms with Gasteiger partial charge in [-0.25, -0.2) is 4.98 Å². The summed E-state index contributed by atoms with van der Waals surface area (Å²) in [6, 6.07) is 2.06. The lowest BCUT2D eigenvalue weighted by Crippen LogP contribution is -2.29. The van der Waals surface area contributed by atoms with E-state index in [1.54, 1.807) is 6.20 Å². The second kappa shape index (κ2) is 4.22. The highest BCUT2D eigenvalue weighted by Crippen LogP contribution is 2.24. The van der Waals surface area contributed by atoms with E-state index in [4.69, 9.17) is 5.73 Å². The number of nitrogens with zero attached hydrogens (tertiary/aromatic N) is 1. The lowest BCUT2D eigenvalue weighted by molar-refractivity contribution is 0.0914. The average molecular weight is 219 g/mol. The molecule has 2 heterocycles. The molecule has 4 heteroatoms. The number of ketones is 1. The van der Waals surface area contributed by atoms with E-state index in [1.165, 1.54) is 0 Å². The molecule has 1 aliphatic rings. The Morgan fingerprint density at radius 3 is 2.94 bits per heavy atom. The van der Waals surface area contributed by atoms with E-state index in [-0.39, 0.29) is 17.7 Å². The Bertz CT molecular complexity index is 396. The highest BCUT2D eigenvalue weighted by molar-refractivity contribution is 6.03. The molecule has 0 bridgehead atoms. The van der Waals surface area contributed by atoms with Gasteiger partial charge in [0.05, 0.1) is 5.56 Å². The number of Topliss-reactive ketones (excluding diaryl/α,β-unsaturated/α-hetero) is 1. The molecule has 3 N–H and O–H groups in total. The minimum atomic E-state index is 0.0326. The number of pyridine rings is 1. The molecule has 1 aromatic rings. The Morgan fingerprint density at radius 2 is 2.38 bits per heavy atom. The van der Waals surface area contributed by atoms with E-state index in [2.05, 4.69) is 10.3 Å². The van der Waals surface area contributed by atoms with Crippen LogP contribution in [-0.2, 0) is 0 Å². The molecular formula is C12H17N3O. The molecule has 2 unspecified atom stereocenters. The zero-order valence-corrected chi connectivity index (χ0v) is 9.66. The van der Waals surface area contributed by atoms with Crippen molar-refractivity contribution >= 4 is 11.6 Å². The Kier molecular flexibility index (Phi) is 2.92. The number of nitrogen functional groups attached to an aromatic ring is 1. The Labute approximate surface area is 95.3 Å².